The fourth-order valence-corrected chi connectivity index (χ4v) is 1.76. The predicted molar refractivity (Wildman–Crippen MR) is 73.4 cm³/mol. The van der Waals surface area contributed by atoms with Crippen LogP contribution in [0.1, 0.15) is 20.3 Å². The van der Waals surface area contributed by atoms with Gasteiger partial charge in [-0.15, -0.1) is 0 Å². The molecule has 1 atom stereocenters. The molecule has 0 heterocycles. The van der Waals surface area contributed by atoms with Crippen LogP contribution in [0.15, 0.2) is 30.3 Å². The zero-order valence-electron chi connectivity index (χ0n) is 11.0. The van der Waals surface area contributed by atoms with Gasteiger partial charge in [0.15, 0.2) is 0 Å². The van der Waals surface area contributed by atoms with E-state index in [9.17, 15) is 4.79 Å². The highest BCUT2D eigenvalue weighted by molar-refractivity contribution is 5.92. The molecule has 0 saturated carbocycles. The maximum Gasteiger partial charge on any atom is 0.238 e. The molecule has 100 valence electrons. The maximum atomic E-state index is 11.7. The molecule has 0 bridgehead atoms. The molecule has 0 aliphatic rings. The molecule has 0 aliphatic carbocycles. The van der Waals surface area contributed by atoms with Gasteiger partial charge in [-0.1, -0.05) is 32.0 Å². The van der Waals surface area contributed by atoms with Crippen LogP contribution in [0.5, 0.6) is 0 Å². The SMILES string of the molecule is CC(C)C(CCO)NCC(=O)Nc1ccccc1. The third-order valence-corrected chi connectivity index (χ3v) is 2.83. The van der Waals surface area contributed by atoms with E-state index >= 15 is 0 Å². The molecule has 0 fully saturated rings. The molecule has 1 amide bonds. The lowest BCUT2D eigenvalue weighted by molar-refractivity contribution is -0.115. The third kappa shape index (κ3) is 5.29. The molecular weight excluding hydrogens is 228 g/mol. The second kappa shape index (κ2) is 7.84. The molecule has 0 saturated heterocycles. The van der Waals surface area contributed by atoms with Crippen molar-refractivity contribution in [1.82, 2.24) is 5.32 Å². The first-order valence-corrected chi connectivity index (χ1v) is 6.32. The van der Waals surface area contributed by atoms with E-state index < -0.39 is 0 Å². The first-order chi connectivity index (χ1) is 8.63. The third-order valence-electron chi connectivity index (χ3n) is 2.83. The van der Waals surface area contributed by atoms with Crippen molar-refractivity contribution in [3.05, 3.63) is 30.3 Å². The van der Waals surface area contributed by atoms with E-state index in [-0.39, 0.29) is 25.1 Å². The van der Waals surface area contributed by atoms with Crippen molar-refractivity contribution in [2.24, 2.45) is 5.92 Å². The Morgan fingerprint density at radius 1 is 1.28 bits per heavy atom. The largest absolute Gasteiger partial charge is 0.396 e. The number of benzene rings is 1. The second-order valence-corrected chi connectivity index (χ2v) is 4.66. The van der Waals surface area contributed by atoms with E-state index in [0.29, 0.717) is 12.3 Å². The lowest BCUT2D eigenvalue weighted by Gasteiger charge is -2.21. The quantitative estimate of drug-likeness (QED) is 0.689. The summed E-state index contributed by atoms with van der Waals surface area (Å²) in [6.07, 6.45) is 0.663. The molecule has 1 unspecified atom stereocenters. The van der Waals surface area contributed by atoms with Gasteiger partial charge < -0.3 is 15.7 Å². The summed E-state index contributed by atoms with van der Waals surface area (Å²) < 4.78 is 0. The molecular formula is C14H22N2O2. The standard InChI is InChI=1S/C14H22N2O2/c1-11(2)13(8-9-17)15-10-14(18)16-12-6-4-3-5-7-12/h3-7,11,13,15,17H,8-10H2,1-2H3,(H,16,18). The number of rotatable bonds is 7. The number of para-hydroxylation sites is 1. The summed E-state index contributed by atoms with van der Waals surface area (Å²) in [5, 5.41) is 14.9. The Kier molecular flexibility index (Phi) is 6.39. The van der Waals surface area contributed by atoms with Crippen LogP contribution in [0, 0.1) is 5.92 Å². The van der Waals surface area contributed by atoms with Crippen LogP contribution in [-0.4, -0.2) is 30.2 Å². The van der Waals surface area contributed by atoms with Gasteiger partial charge in [-0.05, 0) is 24.5 Å². The number of amides is 1. The number of aliphatic hydroxyl groups excluding tert-OH is 1. The summed E-state index contributed by atoms with van der Waals surface area (Å²) in [6.45, 7) is 4.54. The lowest BCUT2D eigenvalue weighted by Crippen LogP contribution is -2.39. The highest BCUT2D eigenvalue weighted by Crippen LogP contribution is 2.06. The van der Waals surface area contributed by atoms with Crippen LogP contribution < -0.4 is 10.6 Å². The number of hydrogen-bond acceptors (Lipinski definition) is 3. The van der Waals surface area contributed by atoms with Gasteiger partial charge in [0.05, 0.1) is 6.54 Å². The molecule has 0 aliphatic heterocycles. The van der Waals surface area contributed by atoms with Crippen LogP contribution in [-0.2, 0) is 4.79 Å². The van der Waals surface area contributed by atoms with Gasteiger partial charge in [0.2, 0.25) is 5.91 Å². The highest BCUT2D eigenvalue weighted by Gasteiger charge is 2.13. The van der Waals surface area contributed by atoms with Gasteiger partial charge in [0.1, 0.15) is 0 Å². The molecule has 1 aromatic carbocycles. The van der Waals surface area contributed by atoms with Crippen molar-refractivity contribution >= 4 is 11.6 Å². The minimum Gasteiger partial charge on any atom is -0.396 e. The summed E-state index contributed by atoms with van der Waals surface area (Å²) >= 11 is 0. The average Bonchev–Trinajstić information content (AvgIpc) is 2.35. The minimum absolute atomic E-state index is 0.0650. The van der Waals surface area contributed by atoms with Crippen LogP contribution >= 0.6 is 0 Å². The molecule has 0 aromatic heterocycles. The van der Waals surface area contributed by atoms with Gasteiger partial charge in [-0.2, -0.15) is 0 Å². The van der Waals surface area contributed by atoms with Gasteiger partial charge in [-0.3, -0.25) is 4.79 Å². The Balaban J connectivity index is 2.36. The Labute approximate surface area is 108 Å². The van der Waals surface area contributed by atoms with Gasteiger partial charge in [0, 0.05) is 18.3 Å². The van der Waals surface area contributed by atoms with Crippen LogP contribution in [0.4, 0.5) is 5.69 Å². The Morgan fingerprint density at radius 2 is 1.94 bits per heavy atom. The smallest absolute Gasteiger partial charge is 0.238 e. The Bertz CT molecular complexity index is 352. The van der Waals surface area contributed by atoms with Gasteiger partial charge in [0.25, 0.3) is 0 Å². The van der Waals surface area contributed by atoms with Crippen LogP contribution in [0.25, 0.3) is 0 Å². The predicted octanol–water partition coefficient (Wildman–Crippen LogP) is 1.62. The number of carbonyl (C=O) groups is 1. The molecule has 4 heteroatoms. The molecule has 1 aromatic rings. The number of anilines is 1. The zero-order chi connectivity index (χ0) is 13.4. The van der Waals surface area contributed by atoms with Crippen molar-refractivity contribution < 1.29 is 9.90 Å². The molecule has 0 spiro atoms. The van der Waals surface area contributed by atoms with Crippen molar-refractivity contribution in [3.63, 3.8) is 0 Å². The Morgan fingerprint density at radius 3 is 2.50 bits per heavy atom. The van der Waals surface area contributed by atoms with Gasteiger partial charge in [-0.25, -0.2) is 0 Å². The average molecular weight is 250 g/mol. The highest BCUT2D eigenvalue weighted by atomic mass is 16.3. The van der Waals surface area contributed by atoms with Crippen molar-refractivity contribution in [3.8, 4) is 0 Å². The lowest BCUT2D eigenvalue weighted by atomic mass is 10.0. The summed E-state index contributed by atoms with van der Waals surface area (Å²) in [4.78, 5) is 11.7. The van der Waals surface area contributed by atoms with Crippen molar-refractivity contribution in [2.45, 2.75) is 26.3 Å². The first kappa shape index (κ1) is 14.7. The first-order valence-electron chi connectivity index (χ1n) is 6.32. The van der Waals surface area contributed by atoms with Crippen LogP contribution in [0.3, 0.4) is 0 Å². The second-order valence-electron chi connectivity index (χ2n) is 4.66. The molecule has 1 rings (SSSR count). The van der Waals surface area contributed by atoms with Crippen molar-refractivity contribution in [1.29, 1.82) is 0 Å². The monoisotopic (exact) mass is 250 g/mol. The van der Waals surface area contributed by atoms with E-state index in [1.807, 2.05) is 30.3 Å². The van der Waals surface area contributed by atoms with Crippen LogP contribution in [0.2, 0.25) is 0 Å². The van der Waals surface area contributed by atoms with Gasteiger partial charge >= 0.3 is 0 Å². The summed E-state index contributed by atoms with van der Waals surface area (Å²) in [5.41, 5.74) is 0.799. The summed E-state index contributed by atoms with van der Waals surface area (Å²) in [6, 6.07) is 9.54. The van der Waals surface area contributed by atoms with E-state index in [1.54, 1.807) is 0 Å². The van der Waals surface area contributed by atoms with E-state index in [1.165, 1.54) is 0 Å². The fourth-order valence-electron chi connectivity index (χ4n) is 1.76. The summed E-state index contributed by atoms with van der Waals surface area (Å²) in [7, 11) is 0. The topological polar surface area (TPSA) is 61.4 Å². The van der Waals surface area contributed by atoms with E-state index in [0.717, 1.165) is 5.69 Å². The van der Waals surface area contributed by atoms with Crippen molar-refractivity contribution in [2.75, 3.05) is 18.5 Å². The number of hydrogen-bond donors (Lipinski definition) is 3. The number of aliphatic hydroxyl groups is 1. The van der Waals surface area contributed by atoms with E-state index in [4.69, 9.17) is 5.11 Å². The molecule has 0 radical (unpaired) electrons. The summed E-state index contributed by atoms with van der Waals surface area (Å²) in [5.74, 6) is 0.325. The number of carbonyl (C=O) groups excluding carboxylic acids is 1. The fraction of sp³-hybridized carbons (Fsp3) is 0.500. The normalized spacial score (nSPS) is 12.4. The minimum atomic E-state index is -0.0650. The maximum absolute atomic E-state index is 11.7. The Hall–Kier alpha value is -1.39. The molecule has 4 nitrogen and oxygen atoms in total. The zero-order valence-corrected chi connectivity index (χ0v) is 11.0. The molecule has 3 N–H and O–H groups in total. The van der Waals surface area contributed by atoms with E-state index in [2.05, 4.69) is 24.5 Å². The molecule has 18 heavy (non-hydrogen) atoms. The number of nitrogens with one attached hydrogen (secondary N) is 2.